The summed E-state index contributed by atoms with van der Waals surface area (Å²) in [6, 6.07) is 8.34. The molecule has 0 saturated heterocycles. The molecule has 1 aromatic carbocycles. The van der Waals surface area contributed by atoms with Gasteiger partial charge in [0.2, 0.25) is 5.91 Å². The normalized spacial score (nSPS) is 12.7. The highest BCUT2D eigenvalue weighted by atomic mass is 32.2. The molecule has 0 saturated carbocycles. The van der Waals surface area contributed by atoms with E-state index in [0.29, 0.717) is 0 Å². The predicted octanol–water partition coefficient (Wildman–Crippen LogP) is 3.85. The number of fused-ring (bicyclic) bond motifs is 3. The van der Waals surface area contributed by atoms with Crippen LogP contribution in [0.5, 0.6) is 0 Å². The van der Waals surface area contributed by atoms with Crippen LogP contribution in [0.15, 0.2) is 29.4 Å². The SMILES string of the molecule is CCN(CC)C(=O)C(C)Sc1nnc2cc(C)c3cccc(C)c3n12. The molecule has 0 N–H and O–H groups in total. The zero-order valence-corrected chi connectivity index (χ0v) is 16.2. The van der Waals surface area contributed by atoms with Gasteiger partial charge >= 0.3 is 0 Å². The van der Waals surface area contributed by atoms with Crippen molar-refractivity contribution in [2.45, 2.75) is 45.0 Å². The van der Waals surface area contributed by atoms with Crippen molar-refractivity contribution in [2.24, 2.45) is 0 Å². The number of carbonyl (C=O) groups is 1. The molecule has 132 valence electrons. The van der Waals surface area contributed by atoms with Gasteiger partial charge in [-0.3, -0.25) is 9.20 Å². The van der Waals surface area contributed by atoms with Crippen LogP contribution in [-0.4, -0.2) is 43.7 Å². The molecule has 1 unspecified atom stereocenters. The topological polar surface area (TPSA) is 50.5 Å². The number of nitrogens with zero attached hydrogens (tertiary/aromatic N) is 4. The van der Waals surface area contributed by atoms with Crippen molar-refractivity contribution in [3.63, 3.8) is 0 Å². The highest BCUT2D eigenvalue weighted by Gasteiger charge is 2.22. The van der Waals surface area contributed by atoms with Crippen LogP contribution in [0.25, 0.3) is 16.6 Å². The summed E-state index contributed by atoms with van der Waals surface area (Å²) < 4.78 is 2.08. The summed E-state index contributed by atoms with van der Waals surface area (Å²) in [6.07, 6.45) is 0. The number of aryl methyl sites for hydroxylation is 2. The first-order valence-electron chi connectivity index (χ1n) is 8.67. The fourth-order valence-electron chi connectivity index (χ4n) is 3.21. The number of thioether (sulfide) groups is 1. The minimum Gasteiger partial charge on any atom is -0.342 e. The molecule has 0 spiro atoms. The number of carbonyl (C=O) groups excluding carboxylic acids is 1. The largest absolute Gasteiger partial charge is 0.342 e. The van der Waals surface area contributed by atoms with Gasteiger partial charge in [0.1, 0.15) is 0 Å². The Morgan fingerprint density at radius 2 is 1.92 bits per heavy atom. The van der Waals surface area contributed by atoms with Crippen LogP contribution in [0.1, 0.15) is 31.9 Å². The fourth-order valence-corrected chi connectivity index (χ4v) is 4.15. The molecular formula is C19H24N4OS. The summed E-state index contributed by atoms with van der Waals surface area (Å²) >= 11 is 1.47. The number of rotatable bonds is 5. The van der Waals surface area contributed by atoms with Gasteiger partial charge in [0, 0.05) is 18.5 Å². The summed E-state index contributed by atoms with van der Waals surface area (Å²) in [7, 11) is 0. The van der Waals surface area contributed by atoms with Gasteiger partial charge in [-0.1, -0.05) is 30.0 Å². The lowest BCUT2D eigenvalue weighted by Crippen LogP contribution is -2.36. The Kier molecular flexibility index (Phi) is 4.99. The Morgan fingerprint density at radius 3 is 2.60 bits per heavy atom. The molecule has 2 aromatic heterocycles. The zero-order valence-electron chi connectivity index (χ0n) is 15.4. The quantitative estimate of drug-likeness (QED) is 0.652. The van der Waals surface area contributed by atoms with Crippen molar-refractivity contribution in [3.8, 4) is 0 Å². The van der Waals surface area contributed by atoms with Crippen molar-refractivity contribution in [1.82, 2.24) is 19.5 Å². The predicted molar refractivity (Wildman–Crippen MR) is 103 cm³/mol. The van der Waals surface area contributed by atoms with E-state index >= 15 is 0 Å². The second kappa shape index (κ2) is 7.04. The molecule has 0 fully saturated rings. The van der Waals surface area contributed by atoms with E-state index in [-0.39, 0.29) is 11.2 Å². The smallest absolute Gasteiger partial charge is 0.235 e. The first kappa shape index (κ1) is 17.7. The summed E-state index contributed by atoms with van der Waals surface area (Å²) in [5.74, 6) is 0.139. The van der Waals surface area contributed by atoms with Gasteiger partial charge < -0.3 is 4.90 Å². The van der Waals surface area contributed by atoms with Gasteiger partial charge in [-0.15, -0.1) is 10.2 Å². The average molecular weight is 356 g/mol. The standard InChI is InChI=1S/C19H24N4OS/c1-6-22(7-2)18(24)14(5)25-19-21-20-16-11-13(4)15-10-8-9-12(3)17(15)23(16)19/h8-11,14H,6-7H2,1-5H3. The molecule has 3 rings (SSSR count). The lowest BCUT2D eigenvalue weighted by atomic mass is 10.1. The van der Waals surface area contributed by atoms with E-state index in [0.717, 1.165) is 29.4 Å². The van der Waals surface area contributed by atoms with Crippen LogP contribution >= 0.6 is 11.8 Å². The van der Waals surface area contributed by atoms with Crippen molar-refractivity contribution in [1.29, 1.82) is 0 Å². The number of amides is 1. The zero-order chi connectivity index (χ0) is 18.1. The number of hydrogen-bond donors (Lipinski definition) is 0. The highest BCUT2D eigenvalue weighted by Crippen LogP contribution is 2.30. The maximum atomic E-state index is 12.6. The van der Waals surface area contributed by atoms with E-state index in [1.807, 2.05) is 25.7 Å². The van der Waals surface area contributed by atoms with Crippen LogP contribution in [0, 0.1) is 13.8 Å². The number of benzene rings is 1. The molecule has 0 aliphatic carbocycles. The van der Waals surface area contributed by atoms with E-state index in [1.54, 1.807) is 0 Å². The van der Waals surface area contributed by atoms with Gasteiger partial charge in [-0.25, -0.2) is 0 Å². The molecule has 5 nitrogen and oxygen atoms in total. The molecule has 3 aromatic rings. The molecule has 6 heteroatoms. The Labute approximate surface area is 152 Å². The fraction of sp³-hybridized carbons (Fsp3) is 0.421. The maximum absolute atomic E-state index is 12.6. The second-order valence-corrected chi connectivity index (χ2v) is 7.55. The van der Waals surface area contributed by atoms with Crippen LogP contribution < -0.4 is 0 Å². The molecule has 1 atom stereocenters. The Balaban J connectivity index is 2.08. The van der Waals surface area contributed by atoms with Crippen molar-refractivity contribution >= 4 is 34.2 Å². The Hall–Kier alpha value is -2.08. The Bertz CT molecular complexity index is 930. The molecule has 0 aliphatic rings. The molecule has 0 bridgehead atoms. The Morgan fingerprint density at radius 1 is 1.20 bits per heavy atom. The van der Waals surface area contributed by atoms with Crippen LogP contribution in [0.4, 0.5) is 0 Å². The number of pyridine rings is 1. The summed E-state index contributed by atoms with van der Waals surface area (Å²) in [4.78, 5) is 14.5. The van der Waals surface area contributed by atoms with Crippen LogP contribution in [0.3, 0.4) is 0 Å². The summed E-state index contributed by atoms with van der Waals surface area (Å²) in [5, 5.41) is 10.5. The van der Waals surface area contributed by atoms with Crippen LogP contribution in [-0.2, 0) is 4.79 Å². The first-order valence-corrected chi connectivity index (χ1v) is 9.55. The first-order chi connectivity index (χ1) is 12.0. The third-order valence-corrected chi connectivity index (χ3v) is 5.63. The third-order valence-electron chi connectivity index (χ3n) is 4.60. The van der Waals surface area contributed by atoms with Gasteiger partial charge in [-0.05, 0) is 51.8 Å². The number of hydrogen-bond acceptors (Lipinski definition) is 4. The molecule has 25 heavy (non-hydrogen) atoms. The molecule has 0 radical (unpaired) electrons. The van der Waals surface area contributed by atoms with Crippen molar-refractivity contribution in [3.05, 3.63) is 35.4 Å². The second-order valence-electron chi connectivity index (χ2n) is 6.25. The summed E-state index contributed by atoms with van der Waals surface area (Å²) in [6.45, 7) is 11.6. The van der Waals surface area contributed by atoms with Gasteiger partial charge in [0.15, 0.2) is 10.8 Å². The van der Waals surface area contributed by atoms with E-state index in [9.17, 15) is 4.79 Å². The van der Waals surface area contributed by atoms with Gasteiger partial charge in [-0.2, -0.15) is 0 Å². The lowest BCUT2D eigenvalue weighted by molar-refractivity contribution is -0.129. The van der Waals surface area contributed by atoms with Crippen LogP contribution in [0.2, 0.25) is 0 Å². The maximum Gasteiger partial charge on any atom is 0.235 e. The van der Waals surface area contributed by atoms with E-state index in [2.05, 4.69) is 52.7 Å². The van der Waals surface area contributed by atoms with E-state index < -0.39 is 0 Å². The minimum atomic E-state index is -0.201. The molecule has 0 aliphatic heterocycles. The van der Waals surface area contributed by atoms with Crippen molar-refractivity contribution < 1.29 is 4.79 Å². The van der Waals surface area contributed by atoms with E-state index in [4.69, 9.17) is 0 Å². The van der Waals surface area contributed by atoms with E-state index in [1.165, 1.54) is 28.3 Å². The highest BCUT2D eigenvalue weighted by molar-refractivity contribution is 8.00. The van der Waals surface area contributed by atoms with Crippen molar-refractivity contribution in [2.75, 3.05) is 13.1 Å². The number of aromatic nitrogens is 3. The average Bonchev–Trinajstić information content (AvgIpc) is 2.98. The van der Waals surface area contributed by atoms with Gasteiger partial charge in [0.25, 0.3) is 0 Å². The molecule has 2 heterocycles. The number of para-hydroxylation sites is 1. The molecular weight excluding hydrogens is 332 g/mol. The molecule has 1 amide bonds. The minimum absolute atomic E-state index is 0.139. The summed E-state index contributed by atoms with van der Waals surface area (Å²) in [5.41, 5.74) is 4.30. The van der Waals surface area contributed by atoms with Gasteiger partial charge in [0.05, 0.1) is 10.8 Å². The lowest BCUT2D eigenvalue weighted by Gasteiger charge is -2.22. The monoisotopic (exact) mass is 356 g/mol. The third kappa shape index (κ3) is 3.11.